The molecule has 2 rings (SSSR count). The molecule has 17 heavy (non-hydrogen) atoms. The first kappa shape index (κ1) is 11.3. The number of hydrogen-bond donors (Lipinski definition) is 1. The van der Waals surface area contributed by atoms with E-state index in [0.29, 0.717) is 0 Å². The van der Waals surface area contributed by atoms with Crippen LogP contribution in [0.2, 0.25) is 0 Å². The van der Waals surface area contributed by atoms with Gasteiger partial charge >= 0.3 is 0 Å². The number of rotatable bonds is 3. The SMILES string of the molecule is COc1cc(OC)cc(-c2ccc(N)cc2)c1. The van der Waals surface area contributed by atoms with Crippen molar-refractivity contribution in [2.24, 2.45) is 0 Å². The van der Waals surface area contributed by atoms with Crippen LogP contribution < -0.4 is 15.2 Å². The molecule has 2 aromatic carbocycles. The fraction of sp³-hybridized carbons (Fsp3) is 0.143. The van der Waals surface area contributed by atoms with Gasteiger partial charge in [-0.05, 0) is 35.4 Å². The molecule has 0 spiro atoms. The lowest BCUT2D eigenvalue weighted by molar-refractivity contribution is 0.394. The Labute approximate surface area is 101 Å². The van der Waals surface area contributed by atoms with Gasteiger partial charge in [0.15, 0.2) is 0 Å². The highest BCUT2D eigenvalue weighted by molar-refractivity contribution is 5.68. The lowest BCUT2D eigenvalue weighted by Crippen LogP contribution is -1.89. The Morgan fingerprint density at radius 1 is 0.765 bits per heavy atom. The summed E-state index contributed by atoms with van der Waals surface area (Å²) >= 11 is 0. The van der Waals surface area contributed by atoms with Gasteiger partial charge in [0.2, 0.25) is 0 Å². The minimum absolute atomic E-state index is 0.753. The van der Waals surface area contributed by atoms with Crippen LogP contribution in [0.1, 0.15) is 0 Å². The first-order valence-electron chi connectivity index (χ1n) is 5.32. The molecule has 0 saturated carbocycles. The average molecular weight is 229 g/mol. The van der Waals surface area contributed by atoms with E-state index in [-0.39, 0.29) is 0 Å². The summed E-state index contributed by atoms with van der Waals surface area (Å²) in [4.78, 5) is 0. The number of nitrogen functional groups attached to an aromatic ring is 1. The van der Waals surface area contributed by atoms with E-state index >= 15 is 0 Å². The number of nitrogens with two attached hydrogens (primary N) is 1. The van der Waals surface area contributed by atoms with Crippen LogP contribution in [-0.4, -0.2) is 14.2 Å². The van der Waals surface area contributed by atoms with Gasteiger partial charge in [0.05, 0.1) is 14.2 Å². The third kappa shape index (κ3) is 2.50. The van der Waals surface area contributed by atoms with Crippen LogP contribution in [0, 0.1) is 0 Å². The molecule has 2 N–H and O–H groups in total. The molecular formula is C14H15NO2. The third-order valence-electron chi connectivity index (χ3n) is 2.60. The van der Waals surface area contributed by atoms with Crippen LogP contribution in [0.25, 0.3) is 11.1 Å². The smallest absolute Gasteiger partial charge is 0.123 e. The van der Waals surface area contributed by atoms with Gasteiger partial charge in [0.25, 0.3) is 0 Å². The lowest BCUT2D eigenvalue weighted by Gasteiger charge is -2.08. The van der Waals surface area contributed by atoms with Crippen molar-refractivity contribution in [3.8, 4) is 22.6 Å². The van der Waals surface area contributed by atoms with Gasteiger partial charge in [-0.3, -0.25) is 0 Å². The highest BCUT2D eigenvalue weighted by Gasteiger charge is 2.03. The van der Waals surface area contributed by atoms with Crippen molar-refractivity contribution in [1.82, 2.24) is 0 Å². The van der Waals surface area contributed by atoms with Gasteiger partial charge in [-0.1, -0.05) is 12.1 Å². The predicted octanol–water partition coefficient (Wildman–Crippen LogP) is 2.95. The molecule has 88 valence electrons. The maximum Gasteiger partial charge on any atom is 0.123 e. The number of ether oxygens (including phenoxy) is 2. The van der Waals surface area contributed by atoms with Crippen LogP contribution >= 0.6 is 0 Å². The highest BCUT2D eigenvalue weighted by Crippen LogP contribution is 2.29. The number of hydrogen-bond acceptors (Lipinski definition) is 3. The summed E-state index contributed by atoms with van der Waals surface area (Å²) in [6.07, 6.45) is 0. The number of benzene rings is 2. The van der Waals surface area contributed by atoms with E-state index in [9.17, 15) is 0 Å². The monoisotopic (exact) mass is 229 g/mol. The Morgan fingerprint density at radius 2 is 1.29 bits per heavy atom. The second-order valence-electron chi connectivity index (χ2n) is 3.72. The van der Waals surface area contributed by atoms with Gasteiger partial charge in [-0.25, -0.2) is 0 Å². The van der Waals surface area contributed by atoms with Gasteiger partial charge in [-0.15, -0.1) is 0 Å². The zero-order valence-electron chi connectivity index (χ0n) is 9.94. The van der Waals surface area contributed by atoms with E-state index in [4.69, 9.17) is 15.2 Å². The molecule has 0 unspecified atom stereocenters. The minimum atomic E-state index is 0.753. The van der Waals surface area contributed by atoms with Gasteiger partial charge in [-0.2, -0.15) is 0 Å². The van der Waals surface area contributed by atoms with Gasteiger partial charge < -0.3 is 15.2 Å². The molecule has 0 saturated heterocycles. The fourth-order valence-electron chi connectivity index (χ4n) is 1.65. The van der Waals surface area contributed by atoms with Crippen molar-refractivity contribution in [3.63, 3.8) is 0 Å². The molecule has 0 aliphatic heterocycles. The topological polar surface area (TPSA) is 44.5 Å². The van der Waals surface area contributed by atoms with Crippen LogP contribution in [0.3, 0.4) is 0 Å². The molecule has 3 heteroatoms. The summed E-state index contributed by atoms with van der Waals surface area (Å²) < 4.78 is 10.5. The molecule has 0 atom stereocenters. The molecule has 0 aliphatic rings. The maximum absolute atomic E-state index is 5.67. The first-order chi connectivity index (χ1) is 8.22. The molecule has 0 heterocycles. The third-order valence-corrected chi connectivity index (χ3v) is 2.60. The van der Waals surface area contributed by atoms with Crippen molar-refractivity contribution >= 4 is 5.69 Å². The van der Waals surface area contributed by atoms with Gasteiger partial charge in [0.1, 0.15) is 11.5 Å². The second-order valence-corrected chi connectivity index (χ2v) is 3.72. The summed E-state index contributed by atoms with van der Waals surface area (Å²) in [5, 5.41) is 0. The van der Waals surface area contributed by atoms with E-state index in [1.165, 1.54) is 0 Å². The summed E-state index contributed by atoms with van der Waals surface area (Å²) in [6.45, 7) is 0. The fourth-order valence-corrected chi connectivity index (χ4v) is 1.65. The molecule has 0 amide bonds. The van der Waals surface area contributed by atoms with Crippen molar-refractivity contribution in [2.75, 3.05) is 20.0 Å². The highest BCUT2D eigenvalue weighted by atomic mass is 16.5. The Kier molecular flexibility index (Phi) is 3.19. The summed E-state index contributed by atoms with van der Waals surface area (Å²) in [5.41, 5.74) is 8.54. The van der Waals surface area contributed by atoms with Crippen molar-refractivity contribution in [2.45, 2.75) is 0 Å². The molecule has 3 nitrogen and oxygen atoms in total. The second kappa shape index (κ2) is 4.78. The van der Waals surface area contributed by atoms with Crippen molar-refractivity contribution in [3.05, 3.63) is 42.5 Å². The molecular weight excluding hydrogens is 214 g/mol. The van der Waals surface area contributed by atoms with Crippen molar-refractivity contribution in [1.29, 1.82) is 0 Å². The largest absolute Gasteiger partial charge is 0.497 e. The first-order valence-corrected chi connectivity index (χ1v) is 5.32. The molecule has 0 bridgehead atoms. The zero-order valence-corrected chi connectivity index (χ0v) is 9.94. The van der Waals surface area contributed by atoms with Crippen LogP contribution in [0.15, 0.2) is 42.5 Å². The summed E-state index contributed by atoms with van der Waals surface area (Å²) in [7, 11) is 3.28. The maximum atomic E-state index is 5.67. The Morgan fingerprint density at radius 3 is 1.76 bits per heavy atom. The average Bonchev–Trinajstić information content (AvgIpc) is 2.39. The predicted molar refractivity (Wildman–Crippen MR) is 69.4 cm³/mol. The zero-order chi connectivity index (χ0) is 12.3. The lowest BCUT2D eigenvalue weighted by atomic mass is 10.0. The van der Waals surface area contributed by atoms with Crippen LogP contribution in [0.4, 0.5) is 5.69 Å². The van der Waals surface area contributed by atoms with Gasteiger partial charge in [0, 0.05) is 11.8 Å². The van der Waals surface area contributed by atoms with E-state index in [1.54, 1.807) is 14.2 Å². The van der Waals surface area contributed by atoms with Crippen LogP contribution in [0.5, 0.6) is 11.5 Å². The van der Waals surface area contributed by atoms with Crippen LogP contribution in [-0.2, 0) is 0 Å². The van der Waals surface area contributed by atoms with E-state index in [2.05, 4.69) is 0 Å². The molecule has 2 aromatic rings. The molecule has 0 radical (unpaired) electrons. The number of methoxy groups -OCH3 is 2. The Hall–Kier alpha value is -2.16. The molecule has 0 aromatic heterocycles. The Bertz CT molecular complexity index is 484. The number of anilines is 1. The molecule has 0 aliphatic carbocycles. The minimum Gasteiger partial charge on any atom is -0.497 e. The van der Waals surface area contributed by atoms with E-state index < -0.39 is 0 Å². The van der Waals surface area contributed by atoms with E-state index in [1.807, 2.05) is 42.5 Å². The molecule has 0 fully saturated rings. The van der Waals surface area contributed by atoms with E-state index in [0.717, 1.165) is 28.3 Å². The standard InChI is InChI=1S/C14H15NO2/c1-16-13-7-11(8-14(9-13)17-2)10-3-5-12(15)6-4-10/h3-9H,15H2,1-2H3. The van der Waals surface area contributed by atoms with Crippen molar-refractivity contribution < 1.29 is 9.47 Å². The summed E-state index contributed by atoms with van der Waals surface area (Å²) in [6, 6.07) is 13.5. The normalized spacial score (nSPS) is 10.0. The Balaban J connectivity index is 2.46. The quantitative estimate of drug-likeness (QED) is 0.823. The summed E-state index contributed by atoms with van der Waals surface area (Å²) in [5.74, 6) is 1.55.